The molecular weight excluding hydrogens is 252 g/mol. The standard InChI is InChI=1S/C16H16N2O2/c1-20-10-11-6-2-4-8-13(11)17-15-12-7-3-5-9-14(12)18-16(15)19/h2-9,15,17H,10H2,1H3,(H,18,19). The molecule has 4 heteroatoms. The van der Waals surface area contributed by atoms with E-state index in [1.54, 1.807) is 7.11 Å². The molecule has 0 aromatic heterocycles. The number of ether oxygens (including phenoxy) is 1. The molecule has 4 nitrogen and oxygen atoms in total. The molecule has 0 saturated carbocycles. The monoisotopic (exact) mass is 268 g/mol. The Balaban J connectivity index is 1.90. The lowest BCUT2D eigenvalue weighted by Gasteiger charge is -2.16. The molecule has 1 atom stereocenters. The minimum Gasteiger partial charge on any atom is -0.380 e. The number of carbonyl (C=O) groups is 1. The van der Waals surface area contributed by atoms with Gasteiger partial charge < -0.3 is 15.4 Å². The van der Waals surface area contributed by atoms with E-state index in [-0.39, 0.29) is 11.9 Å². The van der Waals surface area contributed by atoms with Crippen LogP contribution in [0.1, 0.15) is 17.2 Å². The molecule has 3 rings (SSSR count). The van der Waals surface area contributed by atoms with Crippen molar-refractivity contribution < 1.29 is 9.53 Å². The van der Waals surface area contributed by atoms with Gasteiger partial charge in [-0.05, 0) is 12.1 Å². The van der Waals surface area contributed by atoms with E-state index in [2.05, 4.69) is 10.6 Å². The summed E-state index contributed by atoms with van der Waals surface area (Å²) >= 11 is 0. The Hall–Kier alpha value is -2.33. The highest BCUT2D eigenvalue weighted by Gasteiger charge is 2.30. The number of amides is 1. The Kier molecular flexibility index (Phi) is 3.39. The first-order valence-corrected chi connectivity index (χ1v) is 6.53. The summed E-state index contributed by atoms with van der Waals surface area (Å²) in [4.78, 5) is 12.1. The largest absolute Gasteiger partial charge is 0.380 e. The second-order valence-electron chi connectivity index (χ2n) is 4.74. The molecule has 1 unspecified atom stereocenters. The minimum atomic E-state index is -0.357. The minimum absolute atomic E-state index is 0.0292. The fourth-order valence-electron chi connectivity index (χ4n) is 2.45. The maximum atomic E-state index is 12.1. The van der Waals surface area contributed by atoms with Crippen LogP contribution in [0.25, 0.3) is 0 Å². The number of nitrogens with one attached hydrogen (secondary N) is 2. The van der Waals surface area contributed by atoms with E-state index in [0.717, 1.165) is 22.5 Å². The van der Waals surface area contributed by atoms with E-state index in [1.807, 2.05) is 48.5 Å². The third-order valence-corrected chi connectivity index (χ3v) is 3.41. The molecule has 1 aliphatic rings. The molecule has 2 N–H and O–H groups in total. The maximum absolute atomic E-state index is 12.1. The van der Waals surface area contributed by atoms with Gasteiger partial charge in [0.05, 0.1) is 6.61 Å². The molecule has 2 aromatic rings. The molecule has 0 fully saturated rings. The maximum Gasteiger partial charge on any atom is 0.251 e. The van der Waals surface area contributed by atoms with Crippen molar-refractivity contribution >= 4 is 17.3 Å². The quantitative estimate of drug-likeness (QED) is 0.896. The van der Waals surface area contributed by atoms with Crippen LogP contribution in [0.2, 0.25) is 0 Å². The molecule has 1 heterocycles. The first-order chi connectivity index (χ1) is 9.79. The smallest absolute Gasteiger partial charge is 0.251 e. The number of carbonyl (C=O) groups excluding carboxylic acids is 1. The topological polar surface area (TPSA) is 50.4 Å². The Morgan fingerprint density at radius 3 is 2.75 bits per heavy atom. The number of hydrogen-bond acceptors (Lipinski definition) is 3. The van der Waals surface area contributed by atoms with Gasteiger partial charge in [0.25, 0.3) is 5.91 Å². The Morgan fingerprint density at radius 2 is 1.90 bits per heavy atom. The van der Waals surface area contributed by atoms with Gasteiger partial charge in [-0.1, -0.05) is 36.4 Å². The van der Waals surface area contributed by atoms with Crippen LogP contribution in [0.3, 0.4) is 0 Å². The lowest BCUT2D eigenvalue weighted by atomic mass is 10.1. The van der Waals surface area contributed by atoms with Gasteiger partial charge in [0.15, 0.2) is 0 Å². The number of hydrogen-bond donors (Lipinski definition) is 2. The average Bonchev–Trinajstić information content (AvgIpc) is 2.78. The molecule has 0 radical (unpaired) electrons. The second kappa shape index (κ2) is 5.35. The molecule has 0 spiro atoms. The lowest BCUT2D eigenvalue weighted by Crippen LogP contribution is -2.20. The zero-order valence-electron chi connectivity index (χ0n) is 11.2. The highest BCUT2D eigenvalue weighted by Crippen LogP contribution is 2.33. The van der Waals surface area contributed by atoms with Crippen LogP contribution in [-0.2, 0) is 16.1 Å². The Morgan fingerprint density at radius 1 is 1.15 bits per heavy atom. The van der Waals surface area contributed by atoms with Gasteiger partial charge in [-0.25, -0.2) is 0 Å². The van der Waals surface area contributed by atoms with E-state index in [4.69, 9.17) is 4.74 Å². The predicted octanol–water partition coefficient (Wildman–Crippen LogP) is 2.94. The van der Waals surface area contributed by atoms with Crippen LogP contribution in [0.15, 0.2) is 48.5 Å². The fraction of sp³-hybridized carbons (Fsp3) is 0.188. The van der Waals surface area contributed by atoms with Gasteiger partial charge in [-0.3, -0.25) is 4.79 Å². The van der Waals surface area contributed by atoms with Crippen molar-refractivity contribution in [2.24, 2.45) is 0 Å². The number of para-hydroxylation sites is 2. The van der Waals surface area contributed by atoms with E-state index < -0.39 is 0 Å². The summed E-state index contributed by atoms with van der Waals surface area (Å²) in [6.07, 6.45) is 0. The van der Waals surface area contributed by atoms with Crippen LogP contribution in [0, 0.1) is 0 Å². The summed E-state index contributed by atoms with van der Waals surface area (Å²) in [5.74, 6) is -0.0292. The molecular formula is C16H16N2O2. The number of methoxy groups -OCH3 is 1. The van der Waals surface area contributed by atoms with E-state index in [9.17, 15) is 4.79 Å². The average molecular weight is 268 g/mol. The van der Waals surface area contributed by atoms with Gasteiger partial charge >= 0.3 is 0 Å². The molecule has 0 aliphatic carbocycles. The van der Waals surface area contributed by atoms with Gasteiger partial charge in [0.1, 0.15) is 6.04 Å². The van der Waals surface area contributed by atoms with Gasteiger partial charge in [-0.2, -0.15) is 0 Å². The summed E-state index contributed by atoms with van der Waals surface area (Å²) in [6, 6.07) is 15.2. The molecule has 102 valence electrons. The van der Waals surface area contributed by atoms with Crippen molar-refractivity contribution in [1.82, 2.24) is 0 Å². The molecule has 0 bridgehead atoms. The van der Waals surface area contributed by atoms with Crippen LogP contribution >= 0.6 is 0 Å². The van der Waals surface area contributed by atoms with Gasteiger partial charge in [-0.15, -0.1) is 0 Å². The number of fused-ring (bicyclic) bond motifs is 1. The Labute approximate surface area is 117 Å². The third-order valence-electron chi connectivity index (χ3n) is 3.41. The van der Waals surface area contributed by atoms with E-state index >= 15 is 0 Å². The van der Waals surface area contributed by atoms with Crippen LogP contribution in [0.5, 0.6) is 0 Å². The summed E-state index contributed by atoms with van der Waals surface area (Å²) < 4.78 is 5.19. The first kappa shape index (κ1) is 12.7. The SMILES string of the molecule is COCc1ccccc1NC1C(=O)Nc2ccccc21. The van der Waals surface area contributed by atoms with Crippen LogP contribution in [-0.4, -0.2) is 13.0 Å². The molecule has 0 saturated heterocycles. The summed E-state index contributed by atoms with van der Waals surface area (Å²) in [5.41, 5.74) is 3.81. The zero-order chi connectivity index (χ0) is 13.9. The number of anilines is 2. The molecule has 20 heavy (non-hydrogen) atoms. The van der Waals surface area contributed by atoms with Crippen LogP contribution < -0.4 is 10.6 Å². The van der Waals surface area contributed by atoms with Crippen molar-refractivity contribution in [2.45, 2.75) is 12.6 Å². The van der Waals surface area contributed by atoms with Crippen molar-refractivity contribution in [3.8, 4) is 0 Å². The van der Waals surface area contributed by atoms with Crippen molar-refractivity contribution in [3.05, 3.63) is 59.7 Å². The highest BCUT2D eigenvalue weighted by molar-refractivity contribution is 6.04. The van der Waals surface area contributed by atoms with E-state index in [0.29, 0.717) is 6.61 Å². The molecule has 2 aromatic carbocycles. The lowest BCUT2D eigenvalue weighted by molar-refractivity contribution is -0.116. The van der Waals surface area contributed by atoms with E-state index in [1.165, 1.54) is 0 Å². The van der Waals surface area contributed by atoms with Gasteiger partial charge in [0.2, 0.25) is 0 Å². The third kappa shape index (κ3) is 2.26. The normalized spacial score (nSPS) is 16.6. The number of benzene rings is 2. The van der Waals surface area contributed by atoms with Crippen LogP contribution in [0.4, 0.5) is 11.4 Å². The highest BCUT2D eigenvalue weighted by atomic mass is 16.5. The number of rotatable bonds is 4. The summed E-state index contributed by atoms with van der Waals surface area (Å²) in [7, 11) is 1.66. The van der Waals surface area contributed by atoms with Crippen molar-refractivity contribution in [1.29, 1.82) is 0 Å². The summed E-state index contributed by atoms with van der Waals surface area (Å²) in [5, 5.41) is 6.19. The molecule has 1 amide bonds. The van der Waals surface area contributed by atoms with Gasteiger partial charge in [0, 0.05) is 29.6 Å². The fourth-order valence-corrected chi connectivity index (χ4v) is 2.45. The first-order valence-electron chi connectivity index (χ1n) is 6.53. The summed E-state index contributed by atoms with van der Waals surface area (Å²) in [6.45, 7) is 0.513. The Bertz CT molecular complexity index is 640. The predicted molar refractivity (Wildman–Crippen MR) is 78.6 cm³/mol. The van der Waals surface area contributed by atoms with Crippen molar-refractivity contribution in [2.75, 3.05) is 17.7 Å². The zero-order valence-corrected chi connectivity index (χ0v) is 11.2. The second-order valence-corrected chi connectivity index (χ2v) is 4.74. The van der Waals surface area contributed by atoms with Crippen molar-refractivity contribution in [3.63, 3.8) is 0 Å². The molecule has 1 aliphatic heterocycles.